The van der Waals surface area contributed by atoms with E-state index in [0.29, 0.717) is 10.7 Å². The summed E-state index contributed by atoms with van der Waals surface area (Å²) in [5.41, 5.74) is 1.73. The number of imidazole rings is 1. The SMILES string of the molecule is O=c1n(Cc2ccnc(-c3ccccc3Cl)c2)cc(O)n1-c1ccc(OC(F)(F)F)cc1. The highest BCUT2D eigenvalue weighted by molar-refractivity contribution is 6.33. The van der Waals surface area contributed by atoms with Crippen LogP contribution >= 0.6 is 11.6 Å². The number of hydrogen-bond acceptors (Lipinski definition) is 4. The predicted molar refractivity (Wildman–Crippen MR) is 112 cm³/mol. The molecule has 0 saturated carbocycles. The fourth-order valence-corrected chi connectivity index (χ4v) is 3.45. The third-order valence-electron chi connectivity index (χ3n) is 4.59. The van der Waals surface area contributed by atoms with Crippen LogP contribution in [-0.2, 0) is 6.54 Å². The fraction of sp³-hybridized carbons (Fsp3) is 0.0909. The Bertz CT molecular complexity index is 1310. The minimum absolute atomic E-state index is 0.134. The van der Waals surface area contributed by atoms with E-state index in [-0.39, 0.29) is 18.1 Å². The molecule has 10 heteroatoms. The molecule has 0 spiro atoms. The van der Waals surface area contributed by atoms with Crippen LogP contribution in [0.4, 0.5) is 13.2 Å². The van der Waals surface area contributed by atoms with Crippen molar-refractivity contribution in [3.8, 4) is 28.6 Å². The number of benzene rings is 2. The van der Waals surface area contributed by atoms with Crippen LogP contribution < -0.4 is 10.4 Å². The lowest BCUT2D eigenvalue weighted by Gasteiger charge is -2.09. The van der Waals surface area contributed by atoms with Gasteiger partial charge in [0.05, 0.1) is 24.1 Å². The van der Waals surface area contributed by atoms with Crippen molar-refractivity contribution in [1.29, 1.82) is 0 Å². The van der Waals surface area contributed by atoms with Gasteiger partial charge in [-0.05, 0) is 48.0 Å². The molecule has 0 bridgehead atoms. The Balaban J connectivity index is 1.61. The topological polar surface area (TPSA) is 69.3 Å². The zero-order valence-electron chi connectivity index (χ0n) is 16.3. The van der Waals surface area contributed by atoms with Crippen LogP contribution in [0, 0.1) is 0 Å². The maximum atomic E-state index is 12.8. The van der Waals surface area contributed by atoms with Gasteiger partial charge < -0.3 is 9.84 Å². The summed E-state index contributed by atoms with van der Waals surface area (Å²) in [5, 5.41) is 10.8. The smallest absolute Gasteiger partial charge is 0.493 e. The van der Waals surface area contributed by atoms with Gasteiger partial charge in [0.2, 0.25) is 5.88 Å². The molecule has 0 radical (unpaired) electrons. The van der Waals surface area contributed by atoms with Gasteiger partial charge in [0.15, 0.2) is 0 Å². The summed E-state index contributed by atoms with van der Waals surface area (Å²) in [4.78, 5) is 17.2. The minimum atomic E-state index is -4.82. The second-order valence-electron chi connectivity index (χ2n) is 6.80. The highest BCUT2D eigenvalue weighted by Crippen LogP contribution is 2.27. The number of hydrogen-bond donors (Lipinski definition) is 1. The van der Waals surface area contributed by atoms with Crippen LogP contribution in [0.25, 0.3) is 16.9 Å². The Morgan fingerprint density at radius 1 is 1.06 bits per heavy atom. The molecule has 1 N–H and O–H groups in total. The summed E-state index contributed by atoms with van der Waals surface area (Å²) in [5.74, 6) is -0.794. The first-order valence-electron chi connectivity index (χ1n) is 9.28. The van der Waals surface area contributed by atoms with Crippen molar-refractivity contribution in [2.24, 2.45) is 0 Å². The Kier molecular flexibility index (Phi) is 5.67. The van der Waals surface area contributed by atoms with Gasteiger partial charge in [-0.3, -0.25) is 9.55 Å². The summed E-state index contributed by atoms with van der Waals surface area (Å²) in [6.45, 7) is 0.134. The van der Waals surface area contributed by atoms with Gasteiger partial charge in [-0.2, -0.15) is 0 Å². The molecule has 0 saturated heterocycles. The molecule has 0 aliphatic carbocycles. The van der Waals surface area contributed by atoms with Crippen molar-refractivity contribution in [3.05, 3.63) is 94.1 Å². The van der Waals surface area contributed by atoms with E-state index in [1.807, 2.05) is 18.2 Å². The van der Waals surface area contributed by atoms with Crippen LogP contribution in [0.1, 0.15) is 5.56 Å². The molecule has 32 heavy (non-hydrogen) atoms. The van der Waals surface area contributed by atoms with Crippen molar-refractivity contribution in [2.75, 3.05) is 0 Å². The van der Waals surface area contributed by atoms with E-state index in [1.165, 1.54) is 22.9 Å². The highest BCUT2D eigenvalue weighted by atomic mass is 35.5. The quantitative estimate of drug-likeness (QED) is 0.454. The van der Waals surface area contributed by atoms with Gasteiger partial charge in [0.1, 0.15) is 5.75 Å². The van der Waals surface area contributed by atoms with Crippen LogP contribution in [0.15, 0.2) is 77.9 Å². The highest BCUT2D eigenvalue weighted by Gasteiger charge is 2.31. The zero-order chi connectivity index (χ0) is 22.9. The zero-order valence-corrected chi connectivity index (χ0v) is 17.0. The number of rotatable bonds is 5. The Morgan fingerprint density at radius 3 is 2.47 bits per heavy atom. The molecule has 0 aliphatic rings. The first-order valence-corrected chi connectivity index (χ1v) is 9.66. The van der Waals surface area contributed by atoms with Gasteiger partial charge in [0, 0.05) is 16.8 Å². The number of nitrogens with zero attached hydrogens (tertiary/aromatic N) is 3. The van der Waals surface area contributed by atoms with Crippen molar-refractivity contribution in [3.63, 3.8) is 0 Å². The number of alkyl halides is 3. The third kappa shape index (κ3) is 4.62. The normalized spacial score (nSPS) is 11.5. The average Bonchev–Trinajstić information content (AvgIpc) is 3.01. The molecule has 0 atom stereocenters. The van der Waals surface area contributed by atoms with Gasteiger partial charge in [0.25, 0.3) is 0 Å². The lowest BCUT2D eigenvalue weighted by Crippen LogP contribution is -2.23. The molecular weight excluding hydrogens is 447 g/mol. The van der Waals surface area contributed by atoms with Crippen molar-refractivity contribution < 1.29 is 23.0 Å². The lowest BCUT2D eigenvalue weighted by molar-refractivity contribution is -0.274. The largest absolute Gasteiger partial charge is 0.573 e. The molecule has 4 aromatic rings. The molecule has 2 aromatic carbocycles. The lowest BCUT2D eigenvalue weighted by atomic mass is 10.1. The van der Waals surface area contributed by atoms with E-state index in [4.69, 9.17) is 11.6 Å². The predicted octanol–water partition coefficient (Wildman–Crippen LogP) is 5.01. The Labute approximate surface area is 184 Å². The van der Waals surface area contributed by atoms with E-state index in [0.717, 1.165) is 27.8 Å². The van der Waals surface area contributed by atoms with Crippen molar-refractivity contribution in [2.45, 2.75) is 12.9 Å². The molecule has 0 aliphatic heterocycles. The molecule has 0 fully saturated rings. The van der Waals surface area contributed by atoms with Crippen molar-refractivity contribution in [1.82, 2.24) is 14.1 Å². The first kappa shape index (κ1) is 21.5. The number of halogens is 4. The molecule has 4 rings (SSSR count). The average molecular weight is 462 g/mol. The van der Waals surface area contributed by atoms with E-state index in [2.05, 4.69) is 9.72 Å². The Hall–Kier alpha value is -3.72. The Morgan fingerprint density at radius 2 is 1.78 bits per heavy atom. The number of aromatic hydroxyl groups is 1. The summed E-state index contributed by atoms with van der Waals surface area (Å²) in [7, 11) is 0. The third-order valence-corrected chi connectivity index (χ3v) is 4.92. The van der Waals surface area contributed by atoms with E-state index in [9.17, 15) is 23.1 Å². The maximum absolute atomic E-state index is 12.8. The number of pyridine rings is 1. The fourth-order valence-electron chi connectivity index (χ4n) is 3.22. The first-order chi connectivity index (χ1) is 15.2. The van der Waals surface area contributed by atoms with Gasteiger partial charge in [-0.15, -0.1) is 13.2 Å². The van der Waals surface area contributed by atoms with Crippen LogP contribution in [0.5, 0.6) is 11.6 Å². The van der Waals surface area contributed by atoms with Crippen LogP contribution in [-0.4, -0.2) is 25.6 Å². The molecular formula is C22H15ClF3N3O3. The summed E-state index contributed by atoms with van der Waals surface area (Å²) in [6.07, 6.45) is -1.98. The monoisotopic (exact) mass is 461 g/mol. The molecule has 6 nitrogen and oxygen atoms in total. The maximum Gasteiger partial charge on any atom is 0.573 e. The van der Waals surface area contributed by atoms with Crippen LogP contribution in [0.3, 0.4) is 0 Å². The van der Waals surface area contributed by atoms with Gasteiger partial charge >= 0.3 is 12.1 Å². The number of ether oxygens (including phenoxy) is 1. The minimum Gasteiger partial charge on any atom is -0.493 e. The van der Waals surface area contributed by atoms with Gasteiger partial charge in [-0.1, -0.05) is 29.8 Å². The molecule has 0 unspecified atom stereocenters. The second-order valence-corrected chi connectivity index (χ2v) is 7.21. The molecule has 0 amide bonds. The van der Waals surface area contributed by atoms with E-state index >= 15 is 0 Å². The standard InChI is InChI=1S/C22H15ClF3N3O3/c23-18-4-2-1-3-17(18)19-11-14(9-10-27-19)12-28-13-20(30)29(21(28)31)15-5-7-16(8-6-15)32-22(24,25)26/h1-11,13,30H,12H2. The van der Waals surface area contributed by atoms with Crippen LogP contribution in [0.2, 0.25) is 5.02 Å². The summed E-state index contributed by atoms with van der Waals surface area (Å²) >= 11 is 6.23. The van der Waals surface area contributed by atoms with E-state index in [1.54, 1.807) is 24.4 Å². The summed E-state index contributed by atoms with van der Waals surface area (Å²) < 4.78 is 43.1. The number of aromatic nitrogens is 3. The summed E-state index contributed by atoms with van der Waals surface area (Å²) in [6, 6.07) is 15.3. The van der Waals surface area contributed by atoms with E-state index < -0.39 is 17.8 Å². The molecule has 2 heterocycles. The van der Waals surface area contributed by atoms with Crippen molar-refractivity contribution >= 4 is 11.6 Å². The van der Waals surface area contributed by atoms with Gasteiger partial charge in [-0.25, -0.2) is 9.36 Å². The molecule has 2 aromatic heterocycles. The molecule has 164 valence electrons. The second kappa shape index (κ2) is 8.43.